The number of esters is 1. The molecule has 1 unspecified atom stereocenters. The van der Waals surface area contributed by atoms with Crippen molar-refractivity contribution in [3.05, 3.63) is 66.0 Å². The molecule has 176 valence electrons. The van der Waals surface area contributed by atoms with Crippen LogP contribution in [-0.2, 0) is 25.5 Å². The molecule has 0 aliphatic carbocycles. The first-order valence-electron chi connectivity index (χ1n) is 11.3. The van der Waals surface area contributed by atoms with Crippen LogP contribution in [-0.4, -0.2) is 60.7 Å². The Kier molecular flexibility index (Phi) is 9.38. The summed E-state index contributed by atoms with van der Waals surface area (Å²) in [5, 5.41) is 2.79. The lowest BCUT2D eigenvalue weighted by molar-refractivity contribution is -0.142. The number of amides is 2. The molecule has 2 atom stereocenters. The number of nitrogens with one attached hydrogen (secondary N) is 1. The minimum Gasteiger partial charge on any atom is -0.432 e. The maximum absolute atomic E-state index is 12.8. The number of likely N-dealkylation sites (tertiary alicyclic amines) is 1. The van der Waals surface area contributed by atoms with Gasteiger partial charge in [-0.3, -0.25) is 14.6 Å². The van der Waals surface area contributed by atoms with E-state index >= 15 is 0 Å². The average molecular weight is 454 g/mol. The number of carbonyl (C=O) groups is 3. The summed E-state index contributed by atoms with van der Waals surface area (Å²) in [4.78, 5) is 43.0. The highest BCUT2D eigenvalue weighted by atomic mass is 16.7. The van der Waals surface area contributed by atoms with E-state index in [-0.39, 0.29) is 30.8 Å². The highest BCUT2D eigenvalue weighted by Crippen LogP contribution is 2.22. The fraction of sp³-hybridized carbons (Fsp3) is 0.440. The van der Waals surface area contributed by atoms with E-state index in [9.17, 15) is 14.4 Å². The van der Waals surface area contributed by atoms with Crippen molar-refractivity contribution >= 4 is 17.8 Å². The zero-order chi connectivity index (χ0) is 23.5. The molecular formula is C25H31N3O5. The number of hydrogen-bond donors (Lipinski definition) is 1. The van der Waals surface area contributed by atoms with Gasteiger partial charge in [0.15, 0.2) is 0 Å². The molecular weight excluding hydrogens is 422 g/mol. The maximum Gasteiger partial charge on any atom is 0.340 e. The van der Waals surface area contributed by atoms with Crippen LogP contribution in [0, 0.1) is 5.92 Å². The van der Waals surface area contributed by atoms with Gasteiger partial charge in [0.2, 0.25) is 18.1 Å². The number of carbonyl (C=O) groups excluding carboxylic acids is 3. The zero-order valence-electron chi connectivity index (χ0n) is 18.9. The fourth-order valence-electron chi connectivity index (χ4n) is 3.88. The van der Waals surface area contributed by atoms with E-state index in [1.165, 1.54) is 7.11 Å². The van der Waals surface area contributed by atoms with Crippen LogP contribution in [0.2, 0.25) is 0 Å². The zero-order valence-corrected chi connectivity index (χ0v) is 18.9. The van der Waals surface area contributed by atoms with Crippen LogP contribution in [0.15, 0.2) is 54.9 Å². The normalized spacial score (nSPS) is 16.8. The van der Waals surface area contributed by atoms with E-state index in [2.05, 4.69) is 10.3 Å². The molecule has 33 heavy (non-hydrogen) atoms. The van der Waals surface area contributed by atoms with Crippen molar-refractivity contribution < 1.29 is 23.9 Å². The van der Waals surface area contributed by atoms with E-state index < -0.39 is 12.3 Å². The Morgan fingerprint density at radius 1 is 1.18 bits per heavy atom. The first-order valence-corrected chi connectivity index (χ1v) is 11.3. The molecule has 2 heterocycles. The van der Waals surface area contributed by atoms with Crippen molar-refractivity contribution in [2.75, 3.05) is 26.7 Å². The average Bonchev–Trinajstić information content (AvgIpc) is 2.85. The number of hydrogen-bond acceptors (Lipinski definition) is 6. The van der Waals surface area contributed by atoms with Crippen LogP contribution >= 0.6 is 0 Å². The van der Waals surface area contributed by atoms with Crippen molar-refractivity contribution in [1.29, 1.82) is 0 Å². The molecule has 1 aromatic heterocycles. The molecule has 1 fully saturated rings. The summed E-state index contributed by atoms with van der Waals surface area (Å²) < 4.78 is 10.5. The molecule has 0 saturated carbocycles. The molecule has 8 heteroatoms. The highest BCUT2D eigenvalue weighted by molar-refractivity contribution is 5.89. The minimum atomic E-state index is -0.771. The number of nitrogens with zero attached hydrogens (tertiary/aromatic N) is 2. The molecule has 1 saturated heterocycles. The van der Waals surface area contributed by atoms with E-state index in [0.717, 1.165) is 31.2 Å². The molecule has 0 radical (unpaired) electrons. The van der Waals surface area contributed by atoms with Crippen LogP contribution in [0.25, 0.3) is 0 Å². The topological polar surface area (TPSA) is 97.8 Å². The molecule has 3 rings (SSSR count). The summed E-state index contributed by atoms with van der Waals surface area (Å²) in [6, 6.07) is 12.6. The molecule has 0 spiro atoms. The van der Waals surface area contributed by atoms with Crippen molar-refractivity contribution in [2.45, 2.75) is 38.4 Å². The van der Waals surface area contributed by atoms with Crippen LogP contribution in [0.4, 0.5) is 0 Å². The molecule has 8 nitrogen and oxygen atoms in total. The summed E-state index contributed by atoms with van der Waals surface area (Å²) in [5.41, 5.74) is 1.60. The van der Waals surface area contributed by atoms with Crippen molar-refractivity contribution in [2.24, 2.45) is 5.92 Å². The third-order valence-electron chi connectivity index (χ3n) is 5.72. The van der Waals surface area contributed by atoms with E-state index in [4.69, 9.17) is 9.47 Å². The smallest absolute Gasteiger partial charge is 0.340 e. The standard InChI is InChI=1S/C25H31N3O5/c1-32-23(33-25(31)21-6-3-2-4-7-21)13-16-27-22(29)18-28-17-5-8-20(24(28)30)10-9-19-11-14-26-15-12-19/h2-4,6-7,11-12,14-15,20,23H,5,8-10,13,16-18H2,1H3,(H,27,29)/t20-,23?/m0/s1. The van der Waals surface area contributed by atoms with Crippen LogP contribution < -0.4 is 5.32 Å². The van der Waals surface area contributed by atoms with Gasteiger partial charge in [-0.1, -0.05) is 18.2 Å². The van der Waals surface area contributed by atoms with Gasteiger partial charge >= 0.3 is 5.97 Å². The Balaban J connectivity index is 1.39. The van der Waals surface area contributed by atoms with E-state index in [1.807, 2.05) is 18.2 Å². The van der Waals surface area contributed by atoms with Gasteiger partial charge in [-0.25, -0.2) is 4.79 Å². The summed E-state index contributed by atoms with van der Waals surface area (Å²) in [6.45, 7) is 0.895. The lowest BCUT2D eigenvalue weighted by atomic mass is 9.91. The predicted octanol–water partition coefficient (Wildman–Crippen LogP) is 2.59. The van der Waals surface area contributed by atoms with Gasteiger partial charge in [-0.15, -0.1) is 0 Å². The number of aromatic nitrogens is 1. The summed E-state index contributed by atoms with van der Waals surface area (Å²) in [6.07, 6.45) is 6.38. The van der Waals surface area contributed by atoms with E-state index in [0.29, 0.717) is 18.5 Å². The number of benzene rings is 1. The molecule has 1 N–H and O–H groups in total. The predicted molar refractivity (Wildman–Crippen MR) is 122 cm³/mol. The van der Waals surface area contributed by atoms with Crippen molar-refractivity contribution in [1.82, 2.24) is 15.2 Å². The van der Waals surface area contributed by atoms with Gasteiger partial charge in [-0.2, -0.15) is 0 Å². The Morgan fingerprint density at radius 2 is 1.94 bits per heavy atom. The SMILES string of the molecule is COC(CCNC(=O)CN1CCC[C@@H](CCc2ccncc2)C1=O)OC(=O)c1ccccc1. The third kappa shape index (κ3) is 7.68. The lowest BCUT2D eigenvalue weighted by Crippen LogP contribution is -2.46. The van der Waals surface area contributed by atoms with E-state index in [1.54, 1.807) is 41.6 Å². The molecule has 2 aromatic rings. The Bertz CT molecular complexity index is 907. The quantitative estimate of drug-likeness (QED) is 0.415. The molecule has 0 bridgehead atoms. The second kappa shape index (κ2) is 12.7. The summed E-state index contributed by atoms with van der Waals surface area (Å²) >= 11 is 0. The lowest BCUT2D eigenvalue weighted by Gasteiger charge is -2.32. The van der Waals surface area contributed by atoms with Gasteiger partial charge in [0.05, 0.1) is 12.1 Å². The first kappa shape index (κ1) is 24.4. The van der Waals surface area contributed by atoms with Gasteiger partial charge in [-0.05, 0) is 55.5 Å². The number of methoxy groups -OCH3 is 1. The van der Waals surface area contributed by atoms with Crippen molar-refractivity contribution in [3.8, 4) is 0 Å². The largest absolute Gasteiger partial charge is 0.432 e. The van der Waals surface area contributed by atoms with Crippen LogP contribution in [0.1, 0.15) is 41.6 Å². The van der Waals surface area contributed by atoms with Gasteiger partial charge < -0.3 is 19.7 Å². The third-order valence-corrected chi connectivity index (χ3v) is 5.72. The fourth-order valence-corrected chi connectivity index (χ4v) is 3.88. The van der Waals surface area contributed by atoms with Gasteiger partial charge in [0.1, 0.15) is 0 Å². The Labute approximate surface area is 194 Å². The summed E-state index contributed by atoms with van der Waals surface area (Å²) in [5.74, 6) is -0.736. The minimum absolute atomic E-state index is 0.0338. The Hall–Kier alpha value is -3.26. The molecule has 2 amide bonds. The van der Waals surface area contributed by atoms with Crippen LogP contribution in [0.5, 0.6) is 0 Å². The maximum atomic E-state index is 12.8. The summed E-state index contributed by atoms with van der Waals surface area (Å²) in [7, 11) is 1.45. The number of rotatable bonds is 11. The van der Waals surface area contributed by atoms with Crippen LogP contribution in [0.3, 0.4) is 0 Å². The monoisotopic (exact) mass is 453 g/mol. The highest BCUT2D eigenvalue weighted by Gasteiger charge is 2.29. The van der Waals surface area contributed by atoms with Gasteiger partial charge in [0.25, 0.3) is 0 Å². The molecule has 1 aliphatic rings. The second-order valence-electron chi connectivity index (χ2n) is 8.07. The number of aryl methyl sites for hydroxylation is 1. The van der Waals surface area contributed by atoms with Gasteiger partial charge in [0, 0.05) is 44.9 Å². The number of piperidine rings is 1. The van der Waals surface area contributed by atoms with Crippen molar-refractivity contribution in [3.63, 3.8) is 0 Å². The Morgan fingerprint density at radius 3 is 2.67 bits per heavy atom. The second-order valence-corrected chi connectivity index (χ2v) is 8.07. The molecule has 1 aliphatic heterocycles. The number of ether oxygens (including phenoxy) is 2. The first-order chi connectivity index (χ1) is 16.1. The number of pyridine rings is 1. The molecule has 1 aromatic carbocycles.